The SMILES string of the molecule is C=CC(NC=O)c1ncc2ccccc2n1. The number of carbonyl (C=O) groups excluding carboxylic acids is 1. The van der Waals surface area contributed by atoms with Crippen LogP contribution in [0, 0.1) is 0 Å². The zero-order valence-electron chi connectivity index (χ0n) is 8.63. The Kier molecular flexibility index (Phi) is 2.91. The first-order valence-corrected chi connectivity index (χ1v) is 4.89. The molecular formula is C12H11N3O. The summed E-state index contributed by atoms with van der Waals surface area (Å²) in [5.41, 5.74) is 0.854. The van der Waals surface area contributed by atoms with E-state index in [1.165, 1.54) is 0 Å². The molecule has 0 spiro atoms. The van der Waals surface area contributed by atoms with E-state index in [1.54, 1.807) is 12.3 Å². The molecule has 4 heteroatoms. The molecule has 0 aliphatic carbocycles. The van der Waals surface area contributed by atoms with Crippen molar-refractivity contribution < 1.29 is 4.79 Å². The van der Waals surface area contributed by atoms with Gasteiger partial charge in [0.2, 0.25) is 6.41 Å². The second-order valence-electron chi connectivity index (χ2n) is 3.28. The lowest BCUT2D eigenvalue weighted by Crippen LogP contribution is -2.19. The first-order chi connectivity index (χ1) is 7.85. The van der Waals surface area contributed by atoms with E-state index in [0.717, 1.165) is 10.9 Å². The van der Waals surface area contributed by atoms with Crippen LogP contribution in [0.4, 0.5) is 0 Å². The van der Waals surface area contributed by atoms with E-state index in [0.29, 0.717) is 12.2 Å². The van der Waals surface area contributed by atoms with Crippen LogP contribution in [0.25, 0.3) is 10.9 Å². The fraction of sp³-hybridized carbons (Fsp3) is 0.0833. The zero-order chi connectivity index (χ0) is 11.4. The van der Waals surface area contributed by atoms with Crippen molar-refractivity contribution in [3.05, 3.63) is 48.9 Å². The fourth-order valence-electron chi connectivity index (χ4n) is 1.46. The van der Waals surface area contributed by atoms with Gasteiger partial charge in [-0.3, -0.25) is 4.79 Å². The van der Waals surface area contributed by atoms with E-state index in [2.05, 4.69) is 21.9 Å². The average Bonchev–Trinajstić information content (AvgIpc) is 2.35. The third kappa shape index (κ3) is 1.91. The first-order valence-electron chi connectivity index (χ1n) is 4.89. The van der Waals surface area contributed by atoms with Crippen LogP contribution < -0.4 is 5.32 Å². The van der Waals surface area contributed by atoms with E-state index in [-0.39, 0.29) is 6.04 Å². The van der Waals surface area contributed by atoms with Crippen LogP contribution in [0.2, 0.25) is 0 Å². The summed E-state index contributed by atoms with van der Waals surface area (Å²) in [4.78, 5) is 19.0. The number of benzene rings is 1. The average molecular weight is 213 g/mol. The topological polar surface area (TPSA) is 54.9 Å². The van der Waals surface area contributed by atoms with Crippen molar-refractivity contribution >= 4 is 17.3 Å². The molecule has 1 unspecified atom stereocenters. The molecule has 1 heterocycles. The van der Waals surface area contributed by atoms with E-state index in [4.69, 9.17) is 0 Å². The van der Waals surface area contributed by atoms with Gasteiger partial charge in [-0.05, 0) is 6.07 Å². The number of nitrogens with zero attached hydrogens (tertiary/aromatic N) is 2. The Bertz CT molecular complexity index is 524. The van der Waals surface area contributed by atoms with Crippen LogP contribution in [-0.4, -0.2) is 16.4 Å². The molecule has 0 radical (unpaired) electrons. The molecule has 0 bridgehead atoms. The molecule has 16 heavy (non-hydrogen) atoms. The quantitative estimate of drug-likeness (QED) is 0.620. The Balaban J connectivity index is 2.45. The summed E-state index contributed by atoms with van der Waals surface area (Å²) < 4.78 is 0. The van der Waals surface area contributed by atoms with Crippen LogP contribution in [0.5, 0.6) is 0 Å². The molecule has 2 rings (SSSR count). The number of amides is 1. The molecule has 1 aromatic heterocycles. The summed E-state index contributed by atoms with van der Waals surface area (Å²) >= 11 is 0. The van der Waals surface area contributed by atoms with Gasteiger partial charge in [0.05, 0.1) is 5.52 Å². The highest BCUT2D eigenvalue weighted by atomic mass is 16.1. The molecule has 2 aromatic rings. The van der Waals surface area contributed by atoms with Crippen molar-refractivity contribution in [1.29, 1.82) is 0 Å². The maximum atomic E-state index is 10.4. The molecule has 0 aliphatic rings. The summed E-state index contributed by atoms with van der Waals surface area (Å²) in [6.07, 6.45) is 3.95. The van der Waals surface area contributed by atoms with Crippen molar-refractivity contribution in [2.45, 2.75) is 6.04 Å². The van der Waals surface area contributed by atoms with Gasteiger partial charge in [0.25, 0.3) is 0 Å². The van der Waals surface area contributed by atoms with Crippen molar-refractivity contribution in [3.63, 3.8) is 0 Å². The number of fused-ring (bicyclic) bond motifs is 1. The zero-order valence-corrected chi connectivity index (χ0v) is 8.63. The van der Waals surface area contributed by atoms with Crippen molar-refractivity contribution in [2.24, 2.45) is 0 Å². The van der Waals surface area contributed by atoms with Crippen LogP contribution >= 0.6 is 0 Å². The molecule has 1 amide bonds. The third-order valence-corrected chi connectivity index (χ3v) is 2.27. The van der Waals surface area contributed by atoms with Gasteiger partial charge in [0.1, 0.15) is 6.04 Å². The second kappa shape index (κ2) is 4.53. The van der Waals surface area contributed by atoms with Gasteiger partial charge in [0, 0.05) is 11.6 Å². The largest absolute Gasteiger partial charge is 0.345 e. The number of carbonyl (C=O) groups is 1. The molecule has 0 saturated carbocycles. The van der Waals surface area contributed by atoms with Gasteiger partial charge in [-0.25, -0.2) is 9.97 Å². The Morgan fingerprint density at radius 1 is 1.38 bits per heavy atom. The number of nitrogens with one attached hydrogen (secondary N) is 1. The molecular weight excluding hydrogens is 202 g/mol. The van der Waals surface area contributed by atoms with Crippen molar-refractivity contribution in [2.75, 3.05) is 0 Å². The fourth-order valence-corrected chi connectivity index (χ4v) is 1.46. The Hall–Kier alpha value is -2.23. The molecule has 1 N–H and O–H groups in total. The Morgan fingerprint density at radius 3 is 2.94 bits per heavy atom. The molecule has 80 valence electrons. The maximum absolute atomic E-state index is 10.4. The van der Waals surface area contributed by atoms with E-state index in [1.807, 2.05) is 24.3 Å². The number of rotatable bonds is 4. The highest BCUT2D eigenvalue weighted by Gasteiger charge is 2.09. The summed E-state index contributed by atoms with van der Waals surface area (Å²) in [6.45, 7) is 3.63. The first kappa shape index (κ1) is 10.3. The highest BCUT2D eigenvalue weighted by Crippen LogP contribution is 2.14. The Morgan fingerprint density at radius 2 is 2.19 bits per heavy atom. The van der Waals surface area contributed by atoms with Crippen LogP contribution in [-0.2, 0) is 4.79 Å². The number of aromatic nitrogens is 2. The van der Waals surface area contributed by atoms with E-state index in [9.17, 15) is 4.79 Å². The molecule has 1 aromatic carbocycles. The molecule has 1 atom stereocenters. The number of hydrogen-bond acceptors (Lipinski definition) is 3. The van der Waals surface area contributed by atoms with Gasteiger partial charge in [0.15, 0.2) is 5.82 Å². The van der Waals surface area contributed by atoms with Gasteiger partial charge in [-0.15, -0.1) is 6.58 Å². The lowest BCUT2D eigenvalue weighted by Gasteiger charge is -2.09. The molecule has 0 saturated heterocycles. The van der Waals surface area contributed by atoms with Gasteiger partial charge < -0.3 is 5.32 Å². The van der Waals surface area contributed by atoms with Gasteiger partial charge in [-0.2, -0.15) is 0 Å². The minimum absolute atomic E-state index is 0.345. The lowest BCUT2D eigenvalue weighted by atomic mass is 10.2. The van der Waals surface area contributed by atoms with Crippen molar-refractivity contribution in [1.82, 2.24) is 15.3 Å². The van der Waals surface area contributed by atoms with Gasteiger partial charge >= 0.3 is 0 Å². The lowest BCUT2D eigenvalue weighted by molar-refractivity contribution is -0.110. The maximum Gasteiger partial charge on any atom is 0.207 e. The second-order valence-corrected chi connectivity index (χ2v) is 3.28. The minimum Gasteiger partial charge on any atom is -0.345 e. The number of hydrogen-bond donors (Lipinski definition) is 1. The normalized spacial score (nSPS) is 12.0. The van der Waals surface area contributed by atoms with Crippen molar-refractivity contribution in [3.8, 4) is 0 Å². The van der Waals surface area contributed by atoms with Gasteiger partial charge in [-0.1, -0.05) is 24.3 Å². The highest BCUT2D eigenvalue weighted by molar-refractivity contribution is 5.77. The van der Waals surface area contributed by atoms with Crippen LogP contribution in [0.3, 0.4) is 0 Å². The summed E-state index contributed by atoms with van der Waals surface area (Å²) in [7, 11) is 0. The minimum atomic E-state index is -0.345. The molecule has 4 nitrogen and oxygen atoms in total. The Labute approximate surface area is 93.0 Å². The van der Waals surface area contributed by atoms with Crippen LogP contribution in [0.1, 0.15) is 11.9 Å². The third-order valence-electron chi connectivity index (χ3n) is 2.27. The number of para-hydroxylation sites is 1. The predicted molar refractivity (Wildman–Crippen MR) is 61.7 cm³/mol. The van der Waals surface area contributed by atoms with E-state index >= 15 is 0 Å². The predicted octanol–water partition coefficient (Wildman–Crippen LogP) is 1.60. The summed E-state index contributed by atoms with van der Waals surface area (Å²) in [5.74, 6) is 0.542. The molecule has 0 fully saturated rings. The monoisotopic (exact) mass is 213 g/mol. The standard InChI is InChI=1S/C12H11N3O/c1-2-10(14-8-16)12-13-7-9-5-3-4-6-11(9)15-12/h2-8,10H,1H2,(H,14,16). The van der Waals surface area contributed by atoms with Crippen LogP contribution in [0.15, 0.2) is 43.1 Å². The van der Waals surface area contributed by atoms with E-state index < -0.39 is 0 Å². The summed E-state index contributed by atoms with van der Waals surface area (Å²) in [5, 5.41) is 3.56. The molecule has 0 aliphatic heterocycles. The smallest absolute Gasteiger partial charge is 0.207 e. The summed E-state index contributed by atoms with van der Waals surface area (Å²) in [6, 6.07) is 7.34.